The van der Waals surface area contributed by atoms with Crippen LogP contribution in [0.1, 0.15) is 44.2 Å². The van der Waals surface area contributed by atoms with Crippen LogP contribution in [0.3, 0.4) is 0 Å². The Bertz CT molecular complexity index is 332. The minimum absolute atomic E-state index is 0.587. The molecule has 1 aromatic rings. The molecule has 0 spiro atoms. The van der Waals surface area contributed by atoms with Crippen molar-refractivity contribution in [1.82, 2.24) is 5.32 Å². The van der Waals surface area contributed by atoms with E-state index in [4.69, 9.17) is 0 Å². The Labute approximate surface area is 103 Å². The van der Waals surface area contributed by atoms with Crippen molar-refractivity contribution in [3.63, 3.8) is 0 Å². The summed E-state index contributed by atoms with van der Waals surface area (Å²) in [4.78, 5) is 1.60. The third-order valence-electron chi connectivity index (χ3n) is 3.75. The molecule has 0 radical (unpaired) electrons. The number of thiophene rings is 1. The molecular weight excluding hydrogens is 214 g/mol. The van der Waals surface area contributed by atoms with Crippen molar-refractivity contribution in [2.75, 3.05) is 6.54 Å². The van der Waals surface area contributed by atoms with Gasteiger partial charge in [0.2, 0.25) is 0 Å². The van der Waals surface area contributed by atoms with Gasteiger partial charge in [-0.05, 0) is 47.7 Å². The van der Waals surface area contributed by atoms with Gasteiger partial charge in [0.25, 0.3) is 0 Å². The molecule has 0 bridgehead atoms. The molecule has 1 nitrogen and oxygen atoms in total. The molecule has 0 fully saturated rings. The van der Waals surface area contributed by atoms with Gasteiger partial charge in [-0.25, -0.2) is 0 Å². The smallest absolute Gasteiger partial charge is 0.0451 e. The van der Waals surface area contributed by atoms with E-state index in [0.29, 0.717) is 6.04 Å². The lowest BCUT2D eigenvalue weighted by atomic mass is 9.77. The zero-order valence-corrected chi connectivity index (χ0v) is 11.6. The van der Waals surface area contributed by atoms with Gasteiger partial charge in [0.05, 0.1) is 0 Å². The molecule has 2 rings (SSSR count). The normalized spacial score (nSPS) is 20.8. The summed E-state index contributed by atoms with van der Waals surface area (Å²) < 4.78 is 0. The molecule has 90 valence electrons. The van der Waals surface area contributed by atoms with Gasteiger partial charge in [0, 0.05) is 10.9 Å². The Kier molecular flexibility index (Phi) is 3.70. The van der Waals surface area contributed by atoms with E-state index in [-0.39, 0.29) is 0 Å². The van der Waals surface area contributed by atoms with E-state index in [0.717, 1.165) is 24.3 Å². The van der Waals surface area contributed by atoms with Gasteiger partial charge in [-0.2, -0.15) is 0 Å². The maximum Gasteiger partial charge on any atom is 0.0451 e. The first-order valence-corrected chi connectivity index (χ1v) is 7.29. The van der Waals surface area contributed by atoms with Gasteiger partial charge in [-0.15, -0.1) is 11.3 Å². The van der Waals surface area contributed by atoms with Gasteiger partial charge >= 0.3 is 0 Å². The van der Waals surface area contributed by atoms with Crippen molar-refractivity contribution in [2.24, 2.45) is 17.8 Å². The predicted octanol–water partition coefficient (Wildman–Crippen LogP) is 3.86. The van der Waals surface area contributed by atoms with E-state index in [1.54, 1.807) is 10.4 Å². The van der Waals surface area contributed by atoms with Crippen LogP contribution in [0, 0.1) is 17.8 Å². The second-order valence-corrected chi connectivity index (χ2v) is 6.50. The van der Waals surface area contributed by atoms with Gasteiger partial charge in [-0.1, -0.05) is 27.7 Å². The van der Waals surface area contributed by atoms with Crippen LogP contribution in [-0.2, 0) is 6.42 Å². The SMILES string of the molecule is CC(C)C(C(C)C)C1NCCc2ccsc21. The standard InChI is InChI=1S/C14H23NS/c1-9(2)12(10(3)4)13-14-11(5-7-15-13)6-8-16-14/h6,8-10,12-13,15H,5,7H2,1-4H3. The second kappa shape index (κ2) is 4.89. The molecule has 0 amide bonds. The van der Waals surface area contributed by atoms with Crippen LogP contribution in [0.4, 0.5) is 0 Å². The van der Waals surface area contributed by atoms with Crippen molar-refractivity contribution in [2.45, 2.75) is 40.2 Å². The first-order valence-electron chi connectivity index (χ1n) is 6.41. The molecule has 1 aliphatic rings. The summed E-state index contributed by atoms with van der Waals surface area (Å²) in [5, 5.41) is 5.99. The topological polar surface area (TPSA) is 12.0 Å². The van der Waals surface area contributed by atoms with E-state index in [1.165, 1.54) is 6.42 Å². The highest BCUT2D eigenvalue weighted by molar-refractivity contribution is 7.10. The summed E-state index contributed by atoms with van der Waals surface area (Å²) in [5.74, 6) is 2.23. The Hall–Kier alpha value is -0.340. The first-order chi connectivity index (χ1) is 7.61. The number of hydrogen-bond donors (Lipinski definition) is 1. The summed E-state index contributed by atoms with van der Waals surface area (Å²) >= 11 is 1.93. The summed E-state index contributed by atoms with van der Waals surface area (Å²) in [6, 6.07) is 2.90. The Balaban J connectivity index is 2.28. The van der Waals surface area contributed by atoms with Crippen molar-refractivity contribution >= 4 is 11.3 Å². The van der Waals surface area contributed by atoms with Crippen molar-refractivity contribution in [1.29, 1.82) is 0 Å². The number of nitrogens with one attached hydrogen (secondary N) is 1. The van der Waals surface area contributed by atoms with Gasteiger partial charge in [0.1, 0.15) is 0 Å². The highest BCUT2D eigenvalue weighted by Crippen LogP contribution is 2.39. The molecule has 1 atom stereocenters. The van der Waals surface area contributed by atoms with Gasteiger partial charge < -0.3 is 5.32 Å². The maximum atomic E-state index is 3.73. The van der Waals surface area contributed by atoms with E-state index in [9.17, 15) is 0 Å². The van der Waals surface area contributed by atoms with Crippen LogP contribution in [0.25, 0.3) is 0 Å². The highest BCUT2D eigenvalue weighted by Gasteiger charge is 2.32. The lowest BCUT2D eigenvalue weighted by Crippen LogP contribution is -2.38. The zero-order valence-electron chi connectivity index (χ0n) is 10.8. The van der Waals surface area contributed by atoms with Crippen LogP contribution in [0.5, 0.6) is 0 Å². The fourth-order valence-electron chi connectivity index (χ4n) is 3.13. The minimum atomic E-state index is 0.587. The van der Waals surface area contributed by atoms with Gasteiger partial charge in [0.15, 0.2) is 0 Å². The molecule has 2 heterocycles. The van der Waals surface area contributed by atoms with Gasteiger partial charge in [-0.3, -0.25) is 0 Å². The lowest BCUT2D eigenvalue weighted by Gasteiger charge is -2.36. The minimum Gasteiger partial charge on any atom is -0.309 e. The highest BCUT2D eigenvalue weighted by atomic mass is 32.1. The number of fused-ring (bicyclic) bond motifs is 1. The van der Waals surface area contributed by atoms with Crippen molar-refractivity contribution in [3.8, 4) is 0 Å². The first kappa shape index (κ1) is 12.1. The Morgan fingerprint density at radius 3 is 2.56 bits per heavy atom. The predicted molar refractivity (Wildman–Crippen MR) is 71.9 cm³/mol. The van der Waals surface area contributed by atoms with Crippen LogP contribution in [-0.4, -0.2) is 6.54 Å². The van der Waals surface area contributed by atoms with Crippen LogP contribution in [0.15, 0.2) is 11.4 Å². The molecule has 1 N–H and O–H groups in total. The van der Waals surface area contributed by atoms with Crippen LogP contribution < -0.4 is 5.32 Å². The third kappa shape index (κ3) is 2.18. The average Bonchev–Trinajstić information content (AvgIpc) is 2.65. The molecule has 0 saturated carbocycles. The molecule has 1 aliphatic heterocycles. The van der Waals surface area contributed by atoms with Crippen LogP contribution >= 0.6 is 11.3 Å². The Morgan fingerprint density at radius 1 is 1.25 bits per heavy atom. The second-order valence-electron chi connectivity index (χ2n) is 5.56. The van der Waals surface area contributed by atoms with E-state index < -0.39 is 0 Å². The fourth-order valence-corrected chi connectivity index (χ4v) is 4.22. The fraction of sp³-hybridized carbons (Fsp3) is 0.714. The molecule has 2 heteroatoms. The number of hydrogen-bond acceptors (Lipinski definition) is 2. The quantitative estimate of drug-likeness (QED) is 0.841. The summed E-state index contributed by atoms with van der Waals surface area (Å²) in [7, 11) is 0. The molecule has 0 saturated heterocycles. The average molecular weight is 237 g/mol. The molecule has 16 heavy (non-hydrogen) atoms. The third-order valence-corrected chi connectivity index (χ3v) is 4.79. The summed E-state index contributed by atoms with van der Waals surface area (Å²) in [6.45, 7) is 10.6. The molecule has 1 aromatic heterocycles. The van der Waals surface area contributed by atoms with E-state index in [2.05, 4.69) is 44.5 Å². The van der Waals surface area contributed by atoms with Crippen LogP contribution in [0.2, 0.25) is 0 Å². The molecule has 0 aromatic carbocycles. The van der Waals surface area contributed by atoms with Crippen molar-refractivity contribution in [3.05, 3.63) is 21.9 Å². The molecule has 0 aliphatic carbocycles. The monoisotopic (exact) mass is 237 g/mol. The largest absolute Gasteiger partial charge is 0.309 e. The van der Waals surface area contributed by atoms with Crippen molar-refractivity contribution < 1.29 is 0 Å². The zero-order chi connectivity index (χ0) is 11.7. The van der Waals surface area contributed by atoms with E-state index in [1.807, 2.05) is 11.3 Å². The molecular formula is C14H23NS. The Morgan fingerprint density at radius 2 is 1.94 bits per heavy atom. The summed E-state index contributed by atoms with van der Waals surface area (Å²) in [5.41, 5.74) is 1.58. The molecule has 1 unspecified atom stereocenters. The maximum absolute atomic E-state index is 3.73. The lowest BCUT2D eigenvalue weighted by molar-refractivity contribution is 0.207. The van der Waals surface area contributed by atoms with E-state index >= 15 is 0 Å². The summed E-state index contributed by atoms with van der Waals surface area (Å²) in [6.07, 6.45) is 1.21. The number of rotatable bonds is 3.